The first kappa shape index (κ1) is 24.8. The number of hydrogen-bond donors (Lipinski definition) is 1. The molecule has 2 heterocycles. The summed E-state index contributed by atoms with van der Waals surface area (Å²) < 4.78 is 13.8. The van der Waals surface area contributed by atoms with Gasteiger partial charge in [0.2, 0.25) is 0 Å². The summed E-state index contributed by atoms with van der Waals surface area (Å²) in [6, 6.07) is 10.4. The number of carbonyl (C=O) groups is 2. The Hall–Kier alpha value is -1.87. The number of benzene rings is 1. The van der Waals surface area contributed by atoms with Gasteiger partial charge < -0.3 is 14.4 Å². The molecule has 32 heavy (non-hydrogen) atoms. The van der Waals surface area contributed by atoms with Gasteiger partial charge in [-0.05, 0) is 60.9 Å². The van der Waals surface area contributed by atoms with Crippen molar-refractivity contribution < 1.29 is 19.1 Å². The molecule has 0 spiro atoms. The zero-order valence-electron chi connectivity index (χ0n) is 19.2. The minimum Gasteiger partial charge on any atom is -0.469 e. The van der Waals surface area contributed by atoms with Gasteiger partial charge in [-0.15, -0.1) is 0 Å². The van der Waals surface area contributed by atoms with Crippen molar-refractivity contribution >= 4 is 40.7 Å². The van der Waals surface area contributed by atoms with Crippen LogP contribution in [-0.4, -0.2) is 49.9 Å². The van der Waals surface area contributed by atoms with Crippen LogP contribution in [0.4, 0.5) is 5.69 Å². The molecule has 1 fully saturated rings. The molecule has 1 N–H and O–H groups in total. The van der Waals surface area contributed by atoms with Crippen LogP contribution >= 0.6 is 23.3 Å². The van der Waals surface area contributed by atoms with Crippen LogP contribution in [0.5, 0.6) is 0 Å². The number of ketones is 1. The molecule has 8 heteroatoms. The van der Waals surface area contributed by atoms with Crippen LogP contribution in [0.1, 0.15) is 44.7 Å². The molecule has 1 aromatic heterocycles. The number of carbonyl (C=O) groups excluding carboxylic acids is 2. The number of anilines is 1. The lowest BCUT2D eigenvalue weighted by molar-refractivity contribution is -0.143. The van der Waals surface area contributed by atoms with Gasteiger partial charge in [-0.25, -0.2) is 4.72 Å². The Balaban J connectivity index is 1.98. The zero-order valence-corrected chi connectivity index (χ0v) is 20.8. The second-order valence-electron chi connectivity index (χ2n) is 8.85. The Morgan fingerprint density at radius 1 is 1.12 bits per heavy atom. The molecule has 1 saturated heterocycles. The summed E-state index contributed by atoms with van der Waals surface area (Å²) in [6.45, 7) is 9.57. The molecule has 1 unspecified atom stereocenters. The second kappa shape index (κ2) is 10.8. The van der Waals surface area contributed by atoms with Gasteiger partial charge >= 0.3 is 5.97 Å². The molecule has 1 aromatic carbocycles. The van der Waals surface area contributed by atoms with E-state index in [-0.39, 0.29) is 23.4 Å². The smallest absolute Gasteiger partial charge is 0.313 e. The van der Waals surface area contributed by atoms with Crippen LogP contribution in [0.25, 0.3) is 0 Å². The molecule has 0 radical (unpaired) electrons. The Morgan fingerprint density at radius 3 is 2.38 bits per heavy atom. The van der Waals surface area contributed by atoms with Crippen molar-refractivity contribution in [2.75, 3.05) is 38.3 Å². The van der Waals surface area contributed by atoms with Crippen molar-refractivity contribution in [2.45, 2.75) is 43.9 Å². The predicted octanol–water partition coefficient (Wildman–Crippen LogP) is 4.39. The zero-order chi connectivity index (χ0) is 23.2. The van der Waals surface area contributed by atoms with Crippen LogP contribution in [0.15, 0.2) is 41.1 Å². The Bertz CT molecular complexity index is 888. The first-order chi connectivity index (χ1) is 15.2. The topological polar surface area (TPSA) is 67.9 Å². The Kier molecular flexibility index (Phi) is 8.38. The number of morpholine rings is 1. The summed E-state index contributed by atoms with van der Waals surface area (Å²) in [6.07, 6.45) is -0.0884. The number of ether oxygens (including phenoxy) is 2. The fourth-order valence-corrected chi connectivity index (χ4v) is 5.16. The van der Waals surface area contributed by atoms with Gasteiger partial charge in [0.05, 0.1) is 25.9 Å². The number of Topliss-reactive ketones (excluding diaryl/α,β-unsaturated/α-hetero) is 1. The highest BCUT2D eigenvalue weighted by Crippen LogP contribution is 2.39. The number of methoxy groups -OCH3 is 1. The lowest BCUT2D eigenvalue weighted by atomic mass is 9.80. The number of nitrogens with one attached hydrogen (secondary N) is 1. The molecule has 0 amide bonds. The monoisotopic (exact) mass is 476 g/mol. The minimum atomic E-state index is -0.757. The first-order valence-corrected chi connectivity index (χ1v) is 12.5. The average molecular weight is 477 g/mol. The van der Waals surface area contributed by atoms with E-state index in [0.717, 1.165) is 43.1 Å². The van der Waals surface area contributed by atoms with Crippen molar-refractivity contribution in [1.29, 1.82) is 0 Å². The largest absolute Gasteiger partial charge is 0.469 e. The first-order valence-electron chi connectivity index (χ1n) is 10.7. The van der Waals surface area contributed by atoms with Crippen molar-refractivity contribution in [2.24, 2.45) is 0 Å². The van der Waals surface area contributed by atoms with E-state index in [4.69, 9.17) is 9.47 Å². The van der Waals surface area contributed by atoms with Gasteiger partial charge in [-0.2, -0.15) is 11.3 Å². The van der Waals surface area contributed by atoms with Gasteiger partial charge in [0.25, 0.3) is 0 Å². The lowest BCUT2D eigenvalue weighted by Gasteiger charge is -2.37. The van der Waals surface area contributed by atoms with Gasteiger partial charge in [0.15, 0.2) is 0 Å². The van der Waals surface area contributed by atoms with Crippen LogP contribution in [0.2, 0.25) is 0 Å². The van der Waals surface area contributed by atoms with Crippen LogP contribution in [0.3, 0.4) is 0 Å². The second-order valence-corrected chi connectivity index (χ2v) is 11.3. The maximum atomic E-state index is 13.0. The molecule has 174 valence electrons. The molecule has 0 bridgehead atoms. The van der Waals surface area contributed by atoms with E-state index in [9.17, 15) is 9.59 Å². The van der Waals surface area contributed by atoms with E-state index < -0.39 is 11.5 Å². The number of hydrogen-bond acceptors (Lipinski definition) is 8. The third kappa shape index (κ3) is 6.34. The third-order valence-electron chi connectivity index (χ3n) is 5.31. The van der Waals surface area contributed by atoms with Crippen LogP contribution < -0.4 is 9.62 Å². The average Bonchev–Trinajstić information content (AvgIpc) is 3.32. The molecule has 1 aliphatic heterocycles. The summed E-state index contributed by atoms with van der Waals surface area (Å²) in [4.78, 5) is 27.1. The van der Waals surface area contributed by atoms with Crippen LogP contribution in [-0.2, 0) is 24.6 Å². The molecule has 6 nitrogen and oxygen atoms in total. The molecule has 3 rings (SSSR count). The maximum absolute atomic E-state index is 13.0. The van der Waals surface area contributed by atoms with E-state index in [2.05, 4.69) is 60.0 Å². The molecular formula is C24H32N2O4S2. The summed E-state index contributed by atoms with van der Waals surface area (Å²) >= 11 is 3.18. The third-order valence-corrected chi connectivity index (χ3v) is 7.06. The standard InChI is InChI=1S/C24H32N2O4S2/c1-23(2,3)32-25-24(19-9-14-31-17-19,16-21(27)15-22(28)29-4)18-5-7-20(8-6-18)26-10-12-30-13-11-26/h5-9,14,17,25H,10-13,15-16H2,1-4H3. The molecule has 0 aliphatic carbocycles. The fraction of sp³-hybridized carbons (Fsp3) is 0.500. The van der Waals surface area contributed by atoms with E-state index in [0.29, 0.717) is 0 Å². The van der Waals surface area contributed by atoms with Crippen molar-refractivity contribution in [1.82, 2.24) is 4.72 Å². The predicted molar refractivity (Wildman–Crippen MR) is 131 cm³/mol. The van der Waals surface area contributed by atoms with E-state index >= 15 is 0 Å². The van der Waals surface area contributed by atoms with Gasteiger partial charge in [0.1, 0.15) is 12.2 Å². The highest BCUT2D eigenvalue weighted by Gasteiger charge is 2.38. The molecule has 1 aliphatic rings. The van der Waals surface area contributed by atoms with Crippen LogP contribution in [0, 0.1) is 0 Å². The van der Waals surface area contributed by atoms with Gasteiger partial charge in [-0.1, -0.05) is 24.1 Å². The van der Waals surface area contributed by atoms with Gasteiger partial charge in [-0.3, -0.25) is 9.59 Å². The summed E-state index contributed by atoms with van der Waals surface area (Å²) in [7, 11) is 1.31. The highest BCUT2D eigenvalue weighted by atomic mass is 32.2. The fourth-order valence-electron chi connectivity index (χ4n) is 3.64. The maximum Gasteiger partial charge on any atom is 0.313 e. The number of thiophene rings is 1. The summed E-state index contributed by atoms with van der Waals surface area (Å²) in [5, 5.41) is 4.08. The molecule has 2 aromatic rings. The minimum absolute atomic E-state index is 0.0690. The lowest BCUT2D eigenvalue weighted by Crippen LogP contribution is -2.43. The highest BCUT2D eigenvalue weighted by molar-refractivity contribution is 7.98. The summed E-state index contributed by atoms with van der Waals surface area (Å²) in [5.41, 5.74) is 2.38. The molecular weight excluding hydrogens is 444 g/mol. The molecule has 1 atom stereocenters. The van der Waals surface area contributed by atoms with E-state index in [1.165, 1.54) is 7.11 Å². The molecule has 0 saturated carbocycles. The number of rotatable bonds is 9. The van der Waals surface area contributed by atoms with Crippen molar-refractivity contribution in [3.05, 3.63) is 52.2 Å². The Labute approximate surface area is 198 Å². The number of nitrogens with zero attached hydrogens (tertiary/aromatic N) is 1. The van der Waals surface area contributed by atoms with E-state index in [1.807, 2.05) is 11.4 Å². The SMILES string of the molecule is COC(=O)CC(=O)CC(NSC(C)(C)C)(c1ccc(N2CCOCC2)cc1)c1ccsc1. The van der Waals surface area contributed by atoms with Gasteiger partial charge in [0, 0.05) is 29.9 Å². The Morgan fingerprint density at radius 2 is 1.81 bits per heavy atom. The van der Waals surface area contributed by atoms with E-state index in [1.54, 1.807) is 23.3 Å². The van der Waals surface area contributed by atoms with Crippen molar-refractivity contribution in [3.8, 4) is 0 Å². The quantitative estimate of drug-likeness (QED) is 0.327. The normalized spacial score (nSPS) is 16.4. The van der Waals surface area contributed by atoms with Crippen molar-refractivity contribution in [3.63, 3.8) is 0 Å². The number of esters is 1. The summed E-state index contributed by atoms with van der Waals surface area (Å²) in [5.74, 6) is -0.678.